The van der Waals surface area contributed by atoms with E-state index in [1.807, 2.05) is 0 Å². The van der Waals surface area contributed by atoms with Crippen molar-refractivity contribution in [2.24, 2.45) is 11.1 Å². The lowest BCUT2D eigenvalue weighted by Gasteiger charge is -2.26. The third kappa shape index (κ3) is 6.60. The highest BCUT2D eigenvalue weighted by Gasteiger charge is 2.38. The van der Waals surface area contributed by atoms with Crippen LogP contribution in [-0.4, -0.2) is 37.9 Å². The van der Waals surface area contributed by atoms with Crippen LogP contribution in [0.1, 0.15) is 32.1 Å². The van der Waals surface area contributed by atoms with Crippen LogP contribution in [0.25, 0.3) is 0 Å². The number of hydrogen-bond acceptors (Lipinski definition) is 5. The largest absolute Gasteiger partial charge is 0.392 e. The van der Waals surface area contributed by atoms with Gasteiger partial charge in [0.2, 0.25) is 0 Å². The first-order valence-electron chi connectivity index (χ1n) is 7.16. The van der Waals surface area contributed by atoms with Crippen LogP contribution in [0.3, 0.4) is 0 Å². The molecular weight excluding hydrogens is 333 g/mol. The molecule has 0 aromatic carbocycles. The van der Waals surface area contributed by atoms with Gasteiger partial charge in [0, 0.05) is 0 Å². The topological polar surface area (TPSA) is 79.5 Å². The van der Waals surface area contributed by atoms with Gasteiger partial charge < -0.3 is 4.84 Å². The Morgan fingerprint density at radius 1 is 1.43 bits per heavy atom. The molecule has 5 nitrogen and oxygen atoms in total. The maximum Gasteiger partial charge on any atom is 0.390 e. The van der Waals surface area contributed by atoms with Crippen molar-refractivity contribution in [2.75, 3.05) is 12.4 Å². The Morgan fingerprint density at radius 3 is 2.52 bits per heavy atom. The quantitative estimate of drug-likeness (QED) is 0.401. The number of oxime groups is 1. The van der Waals surface area contributed by atoms with Gasteiger partial charge in [-0.05, 0) is 31.6 Å². The number of nitrogens with zero attached hydrogens (tertiary/aromatic N) is 2. The van der Waals surface area contributed by atoms with Gasteiger partial charge in [-0.3, -0.25) is 0 Å². The number of sulfone groups is 1. The molecule has 0 radical (unpaired) electrons. The molecule has 0 aliphatic heterocycles. The van der Waals surface area contributed by atoms with Gasteiger partial charge in [-0.2, -0.15) is 18.4 Å². The predicted molar refractivity (Wildman–Crippen MR) is 79.4 cm³/mol. The fourth-order valence-corrected chi connectivity index (χ4v) is 4.20. The van der Waals surface area contributed by atoms with Gasteiger partial charge in [-0.1, -0.05) is 17.8 Å². The molecule has 0 heterocycles. The minimum absolute atomic E-state index is 0.263. The summed E-state index contributed by atoms with van der Waals surface area (Å²) in [5.41, 5.74) is 0.757. The Kier molecular flexibility index (Phi) is 7.06. The Bertz CT molecular complexity index is 569. The summed E-state index contributed by atoms with van der Waals surface area (Å²) in [5.74, 6) is -1.52. The standard InChI is InChI=1S/C14H19F3N2O3S/c1-2-8-22-19-12-5-3-11(4-6-12)13(10-18)23(20,21)9-7-14(15,16)17/h2,11,13H,1,3-9H2. The van der Waals surface area contributed by atoms with Crippen molar-refractivity contribution in [3.8, 4) is 6.07 Å². The molecule has 0 aromatic rings. The number of rotatable bonds is 7. The molecule has 1 unspecified atom stereocenters. The van der Waals surface area contributed by atoms with Crippen LogP contribution >= 0.6 is 0 Å². The molecule has 23 heavy (non-hydrogen) atoms. The average molecular weight is 352 g/mol. The summed E-state index contributed by atoms with van der Waals surface area (Å²) in [6.45, 7) is 3.74. The van der Waals surface area contributed by atoms with Crippen molar-refractivity contribution in [1.29, 1.82) is 5.26 Å². The highest BCUT2D eigenvalue weighted by atomic mass is 32.2. The second kappa shape index (κ2) is 8.34. The smallest absolute Gasteiger partial charge is 0.390 e. The minimum atomic E-state index is -4.55. The molecule has 1 aliphatic carbocycles. The Balaban J connectivity index is 2.65. The van der Waals surface area contributed by atoms with Gasteiger partial charge in [0.1, 0.15) is 6.61 Å². The van der Waals surface area contributed by atoms with Crippen molar-refractivity contribution >= 4 is 15.5 Å². The molecule has 9 heteroatoms. The third-order valence-electron chi connectivity index (χ3n) is 3.61. The van der Waals surface area contributed by atoms with Gasteiger partial charge >= 0.3 is 6.18 Å². The summed E-state index contributed by atoms with van der Waals surface area (Å²) in [4.78, 5) is 4.95. The molecule has 130 valence electrons. The first-order chi connectivity index (χ1) is 10.7. The molecule has 0 N–H and O–H groups in total. The normalized spacial score (nSPS) is 20.4. The van der Waals surface area contributed by atoms with Gasteiger partial charge in [-0.25, -0.2) is 8.42 Å². The molecule has 0 aromatic heterocycles. The Morgan fingerprint density at radius 2 is 2.04 bits per heavy atom. The van der Waals surface area contributed by atoms with E-state index in [1.54, 1.807) is 6.07 Å². The fraction of sp³-hybridized carbons (Fsp3) is 0.714. The van der Waals surface area contributed by atoms with Crippen molar-refractivity contribution in [3.05, 3.63) is 12.7 Å². The summed E-state index contributed by atoms with van der Waals surface area (Å²) in [5, 5.41) is 11.6. The van der Waals surface area contributed by atoms with E-state index in [-0.39, 0.29) is 6.61 Å². The van der Waals surface area contributed by atoms with E-state index < -0.39 is 39.4 Å². The predicted octanol–water partition coefficient (Wildman–Crippen LogP) is 2.99. The van der Waals surface area contributed by atoms with E-state index in [0.29, 0.717) is 25.7 Å². The Hall–Kier alpha value is -1.56. The molecule has 1 atom stereocenters. The van der Waals surface area contributed by atoms with Gasteiger partial charge in [0.05, 0.1) is 24.0 Å². The lowest BCUT2D eigenvalue weighted by atomic mass is 9.86. The van der Waals surface area contributed by atoms with Crippen LogP contribution in [0.5, 0.6) is 0 Å². The molecule has 1 fully saturated rings. The highest BCUT2D eigenvalue weighted by molar-refractivity contribution is 7.92. The molecule has 1 rings (SSSR count). The van der Waals surface area contributed by atoms with Crippen molar-refractivity contribution < 1.29 is 26.4 Å². The first kappa shape index (κ1) is 19.5. The van der Waals surface area contributed by atoms with E-state index in [4.69, 9.17) is 10.1 Å². The van der Waals surface area contributed by atoms with Crippen LogP contribution < -0.4 is 0 Å². The second-order valence-electron chi connectivity index (χ2n) is 5.36. The number of nitriles is 1. The zero-order valence-electron chi connectivity index (χ0n) is 12.6. The molecule has 1 saturated carbocycles. The summed E-state index contributed by atoms with van der Waals surface area (Å²) in [6, 6.07) is 1.68. The summed E-state index contributed by atoms with van der Waals surface area (Å²) in [7, 11) is -4.11. The van der Waals surface area contributed by atoms with Crippen LogP contribution in [0.4, 0.5) is 13.2 Å². The molecule has 1 aliphatic rings. The minimum Gasteiger partial charge on any atom is -0.392 e. The van der Waals surface area contributed by atoms with Crippen molar-refractivity contribution in [2.45, 2.75) is 43.5 Å². The summed E-state index contributed by atoms with van der Waals surface area (Å²) >= 11 is 0. The van der Waals surface area contributed by atoms with E-state index in [0.717, 1.165) is 5.71 Å². The van der Waals surface area contributed by atoms with Crippen LogP contribution in [0.2, 0.25) is 0 Å². The highest BCUT2D eigenvalue weighted by Crippen LogP contribution is 2.30. The van der Waals surface area contributed by atoms with Gasteiger partial charge in [0.25, 0.3) is 0 Å². The lowest BCUT2D eigenvalue weighted by molar-refractivity contribution is -0.129. The number of alkyl halides is 3. The second-order valence-corrected chi connectivity index (χ2v) is 7.60. The fourth-order valence-electron chi connectivity index (χ4n) is 2.41. The first-order valence-corrected chi connectivity index (χ1v) is 8.87. The van der Waals surface area contributed by atoms with Crippen LogP contribution in [-0.2, 0) is 14.7 Å². The van der Waals surface area contributed by atoms with E-state index >= 15 is 0 Å². The number of hydrogen-bond donors (Lipinski definition) is 0. The summed E-state index contributed by atoms with van der Waals surface area (Å²) < 4.78 is 60.7. The maximum absolute atomic E-state index is 12.2. The van der Waals surface area contributed by atoms with Crippen LogP contribution in [0, 0.1) is 17.2 Å². The van der Waals surface area contributed by atoms with Gasteiger partial charge in [-0.15, -0.1) is 0 Å². The van der Waals surface area contributed by atoms with Crippen LogP contribution in [0.15, 0.2) is 17.8 Å². The zero-order valence-corrected chi connectivity index (χ0v) is 13.4. The SMILES string of the molecule is C=CCON=C1CCC(C(C#N)S(=O)(=O)CCC(F)(F)F)CC1. The lowest BCUT2D eigenvalue weighted by Crippen LogP contribution is -2.34. The maximum atomic E-state index is 12.2. The molecule has 0 spiro atoms. The third-order valence-corrected chi connectivity index (χ3v) is 5.64. The molecule has 0 bridgehead atoms. The van der Waals surface area contributed by atoms with Gasteiger partial charge in [0.15, 0.2) is 15.1 Å². The molecule has 0 saturated heterocycles. The monoisotopic (exact) mass is 352 g/mol. The van der Waals surface area contributed by atoms with Crippen molar-refractivity contribution in [3.63, 3.8) is 0 Å². The average Bonchev–Trinajstić information content (AvgIpc) is 2.47. The van der Waals surface area contributed by atoms with E-state index in [1.165, 1.54) is 6.08 Å². The number of halogens is 3. The Labute approximate surface area is 133 Å². The summed E-state index contributed by atoms with van der Waals surface area (Å²) in [6.07, 6.45) is -2.73. The van der Waals surface area contributed by atoms with Crippen molar-refractivity contribution in [1.82, 2.24) is 0 Å². The zero-order chi connectivity index (χ0) is 17.5. The molecule has 0 amide bonds. The molecular formula is C14H19F3N2O3S. The van der Waals surface area contributed by atoms with E-state index in [9.17, 15) is 21.6 Å². The van der Waals surface area contributed by atoms with E-state index in [2.05, 4.69) is 11.7 Å².